The molecule has 0 saturated heterocycles. The maximum atomic E-state index is 2.29. The highest BCUT2D eigenvalue weighted by molar-refractivity contribution is 6.35. The third-order valence-electron chi connectivity index (χ3n) is 3.02. The Morgan fingerprint density at radius 1 is 0.562 bits per heavy atom. The first-order chi connectivity index (χ1) is 7.41. The molecule has 0 nitrogen and oxygen atoms in total. The summed E-state index contributed by atoms with van der Waals surface area (Å²) in [5.74, 6) is 0. The van der Waals surface area contributed by atoms with Crippen LogP contribution in [0.25, 0.3) is 0 Å². The Labute approximate surface area is 116 Å². The standard InChI is InChI=1S/2C7H15.Al.ClH/c2*1-3-5-7-6-4-2;;/h2*1,3-7H2,2H3;;1H. The first-order valence-electron chi connectivity index (χ1n) is 7.23. The molecule has 0 atom stereocenters. The Bertz CT molecular complexity index is 94.9. The number of hydrogen-bond donors (Lipinski definition) is 0. The summed E-state index contributed by atoms with van der Waals surface area (Å²) < 4.78 is 0. The third-order valence-corrected chi connectivity index (χ3v) is 4.66. The van der Waals surface area contributed by atoms with Crippen molar-refractivity contribution >= 4 is 27.6 Å². The van der Waals surface area contributed by atoms with Gasteiger partial charge in [0.15, 0.2) is 15.2 Å². The summed E-state index contributed by atoms with van der Waals surface area (Å²) in [6.07, 6.45) is 14.6. The molecule has 0 rings (SSSR count). The van der Waals surface area contributed by atoms with Gasteiger partial charge >= 0.3 is 0 Å². The van der Waals surface area contributed by atoms with E-state index in [1.807, 2.05) is 0 Å². The van der Waals surface area contributed by atoms with E-state index in [1.165, 1.54) is 64.2 Å². The molecule has 0 aromatic rings. The fraction of sp³-hybridized carbons (Fsp3) is 1.00. The zero-order chi connectivity index (χ0) is 11.2. The molecule has 0 spiro atoms. The summed E-state index contributed by atoms with van der Waals surface area (Å²) in [7, 11) is 0. The van der Waals surface area contributed by atoms with Crippen molar-refractivity contribution in [1.29, 1.82) is 0 Å². The van der Waals surface area contributed by atoms with Crippen molar-refractivity contribution in [3.05, 3.63) is 0 Å². The zero-order valence-corrected chi connectivity index (χ0v) is 13.4. The van der Waals surface area contributed by atoms with Gasteiger partial charge in [-0.1, -0.05) is 78.1 Å². The van der Waals surface area contributed by atoms with Crippen molar-refractivity contribution in [2.45, 2.75) is 88.6 Å². The fourth-order valence-corrected chi connectivity index (χ4v) is 3.37. The normalized spacial score (nSPS) is 9.88. The maximum absolute atomic E-state index is 2.29. The van der Waals surface area contributed by atoms with Crippen LogP contribution in [0.4, 0.5) is 0 Å². The monoisotopic (exact) mass is 261 g/mol. The molecule has 0 amide bonds. The van der Waals surface area contributed by atoms with Crippen molar-refractivity contribution in [2.75, 3.05) is 0 Å². The van der Waals surface area contributed by atoms with E-state index in [0.29, 0.717) is 0 Å². The highest BCUT2D eigenvalue weighted by Gasteiger charge is 1.94. The third kappa shape index (κ3) is 17.2. The van der Waals surface area contributed by atoms with Crippen molar-refractivity contribution in [3.8, 4) is 0 Å². The Kier molecular flexibility index (Phi) is 21.8. The average molecular weight is 262 g/mol. The lowest BCUT2D eigenvalue weighted by Gasteiger charge is -2.00. The lowest BCUT2D eigenvalue weighted by Crippen LogP contribution is -1.90. The first kappa shape index (κ1) is 19.2. The lowest BCUT2D eigenvalue weighted by molar-refractivity contribution is 0.647. The largest absolute Gasteiger partial charge is 0.199 e. The summed E-state index contributed by atoms with van der Waals surface area (Å²) in [4.78, 5) is 0. The van der Waals surface area contributed by atoms with Gasteiger partial charge in [0.25, 0.3) is 0 Å². The van der Waals surface area contributed by atoms with E-state index in [1.54, 1.807) is 10.6 Å². The second kappa shape index (κ2) is 18.2. The van der Waals surface area contributed by atoms with Crippen LogP contribution >= 0.6 is 12.4 Å². The zero-order valence-electron chi connectivity index (χ0n) is 11.5. The first-order valence-corrected chi connectivity index (χ1v) is 8.86. The van der Waals surface area contributed by atoms with Crippen LogP contribution in [0.2, 0.25) is 10.6 Å². The van der Waals surface area contributed by atoms with Crippen molar-refractivity contribution < 1.29 is 0 Å². The van der Waals surface area contributed by atoms with E-state index in [0.717, 1.165) is 15.2 Å². The minimum atomic E-state index is 0. The summed E-state index contributed by atoms with van der Waals surface area (Å²) in [6, 6.07) is 0. The molecule has 0 aromatic heterocycles. The molecule has 0 bridgehead atoms. The lowest BCUT2D eigenvalue weighted by atomic mass is 10.2. The van der Waals surface area contributed by atoms with Gasteiger partial charge in [0.2, 0.25) is 0 Å². The number of rotatable bonds is 12. The van der Waals surface area contributed by atoms with Crippen LogP contribution in [0.15, 0.2) is 0 Å². The van der Waals surface area contributed by atoms with Gasteiger partial charge < -0.3 is 0 Å². The number of halogens is 1. The van der Waals surface area contributed by atoms with Crippen LogP contribution in [-0.2, 0) is 0 Å². The average Bonchev–Trinajstić information content (AvgIpc) is 2.26. The van der Waals surface area contributed by atoms with Gasteiger partial charge in [-0.15, -0.1) is 23.0 Å². The number of unbranched alkanes of at least 4 members (excludes halogenated alkanes) is 8. The van der Waals surface area contributed by atoms with Gasteiger partial charge in [-0.05, 0) is 0 Å². The van der Waals surface area contributed by atoms with Gasteiger partial charge in [0.05, 0.1) is 0 Å². The summed E-state index contributed by atoms with van der Waals surface area (Å²) in [6.45, 7) is 4.59. The highest BCUT2D eigenvalue weighted by Crippen LogP contribution is 2.08. The molecule has 0 aromatic carbocycles. The Morgan fingerprint density at radius 3 is 1.31 bits per heavy atom. The van der Waals surface area contributed by atoms with E-state index in [4.69, 9.17) is 0 Å². The van der Waals surface area contributed by atoms with Crippen LogP contribution in [0.1, 0.15) is 78.1 Å². The van der Waals surface area contributed by atoms with E-state index in [-0.39, 0.29) is 12.4 Å². The molecule has 0 aliphatic heterocycles. The van der Waals surface area contributed by atoms with Crippen LogP contribution in [0.3, 0.4) is 0 Å². The summed E-state index contributed by atoms with van der Waals surface area (Å²) in [5.41, 5.74) is 0. The molecule has 0 heterocycles. The number of hydrogen-bond acceptors (Lipinski definition) is 0. The molecule has 0 aliphatic carbocycles. The van der Waals surface area contributed by atoms with E-state index < -0.39 is 0 Å². The van der Waals surface area contributed by atoms with Crippen molar-refractivity contribution in [2.24, 2.45) is 0 Å². The Morgan fingerprint density at radius 2 is 0.938 bits per heavy atom. The minimum Gasteiger partial charge on any atom is -0.147 e. The Balaban J connectivity index is 0. The fourth-order valence-electron chi connectivity index (χ4n) is 1.93. The van der Waals surface area contributed by atoms with Gasteiger partial charge in [-0.3, -0.25) is 0 Å². The molecule has 97 valence electrons. The minimum absolute atomic E-state index is 0. The Hall–Kier alpha value is 0.822. The molecule has 1 radical (unpaired) electrons. The summed E-state index contributed by atoms with van der Waals surface area (Å²) >= 11 is 0.799. The van der Waals surface area contributed by atoms with Crippen molar-refractivity contribution in [1.82, 2.24) is 0 Å². The van der Waals surface area contributed by atoms with Crippen LogP contribution in [0.5, 0.6) is 0 Å². The van der Waals surface area contributed by atoms with Crippen molar-refractivity contribution in [3.63, 3.8) is 0 Å². The molecule has 16 heavy (non-hydrogen) atoms. The van der Waals surface area contributed by atoms with Gasteiger partial charge in [-0.2, -0.15) is 0 Å². The SMILES string of the molecule is CCCCCC[CH2][Al][CH2]CCCCCC.Cl. The van der Waals surface area contributed by atoms with Crippen LogP contribution in [-0.4, -0.2) is 15.2 Å². The van der Waals surface area contributed by atoms with Gasteiger partial charge in [0.1, 0.15) is 0 Å². The highest BCUT2D eigenvalue weighted by atomic mass is 35.5. The molecule has 0 unspecified atom stereocenters. The van der Waals surface area contributed by atoms with E-state index in [2.05, 4.69) is 13.8 Å². The molecule has 0 N–H and O–H groups in total. The van der Waals surface area contributed by atoms with Gasteiger partial charge in [0, 0.05) is 0 Å². The molecular formula is C14H31AlCl. The predicted molar refractivity (Wildman–Crippen MR) is 80.1 cm³/mol. The van der Waals surface area contributed by atoms with Gasteiger partial charge in [-0.25, -0.2) is 0 Å². The topological polar surface area (TPSA) is 0 Å². The molecule has 0 saturated carbocycles. The quantitative estimate of drug-likeness (QED) is 0.304. The molecule has 0 aliphatic rings. The van der Waals surface area contributed by atoms with E-state index in [9.17, 15) is 0 Å². The van der Waals surface area contributed by atoms with Crippen LogP contribution < -0.4 is 0 Å². The molecule has 2 heteroatoms. The maximum Gasteiger partial charge on any atom is 0.199 e. The van der Waals surface area contributed by atoms with Crippen LogP contribution in [0, 0.1) is 0 Å². The summed E-state index contributed by atoms with van der Waals surface area (Å²) in [5, 5.41) is 3.13. The smallest absolute Gasteiger partial charge is 0.147 e. The van der Waals surface area contributed by atoms with E-state index >= 15 is 0 Å². The second-order valence-electron chi connectivity index (χ2n) is 4.69. The molecular weight excluding hydrogens is 231 g/mol. The second-order valence-corrected chi connectivity index (χ2v) is 6.43. The predicted octanol–water partition coefficient (Wildman–Crippen LogP) is 5.89. The molecule has 0 fully saturated rings.